The molecule has 0 aromatic heterocycles. The summed E-state index contributed by atoms with van der Waals surface area (Å²) in [6, 6.07) is 18.6. The summed E-state index contributed by atoms with van der Waals surface area (Å²) >= 11 is 0. The number of carboxylic acid groups (broad SMARTS) is 1. The van der Waals surface area contributed by atoms with Crippen molar-refractivity contribution in [2.24, 2.45) is 0 Å². The average molecular weight is 410 g/mol. The second-order valence-electron chi connectivity index (χ2n) is 6.90. The molecule has 1 atom stereocenters. The first-order valence-corrected chi connectivity index (χ1v) is 9.87. The predicted octanol–water partition coefficient (Wildman–Crippen LogP) is 4.25. The van der Waals surface area contributed by atoms with Gasteiger partial charge >= 0.3 is 5.97 Å². The van der Waals surface area contributed by atoms with E-state index in [1.165, 1.54) is 0 Å². The van der Waals surface area contributed by atoms with Gasteiger partial charge in [-0.05, 0) is 65.6 Å². The largest absolute Gasteiger partial charge is 0.497 e. The first-order valence-electron chi connectivity index (χ1n) is 9.87. The minimum absolute atomic E-state index is 0.0333. The topological polar surface area (TPSA) is 85.2 Å². The van der Waals surface area contributed by atoms with Crippen LogP contribution < -0.4 is 14.2 Å². The van der Waals surface area contributed by atoms with E-state index in [-0.39, 0.29) is 13.2 Å². The van der Waals surface area contributed by atoms with Gasteiger partial charge in [0.05, 0.1) is 26.2 Å². The van der Waals surface area contributed by atoms with Crippen LogP contribution in [0, 0.1) is 0 Å². The highest BCUT2D eigenvalue weighted by atomic mass is 16.5. The van der Waals surface area contributed by atoms with Crippen molar-refractivity contribution in [3.8, 4) is 17.2 Å². The minimum Gasteiger partial charge on any atom is -0.497 e. The SMILES string of the molecule is COc1ccc2cc([C@H](CCCOc3ccc(OCCO)cc3)C(=O)O)ccc2c1. The molecular weight excluding hydrogens is 384 g/mol. The maximum atomic E-state index is 11.8. The molecule has 0 aliphatic rings. The van der Waals surface area contributed by atoms with Gasteiger partial charge in [-0.15, -0.1) is 0 Å². The lowest BCUT2D eigenvalue weighted by molar-refractivity contribution is -0.139. The number of carboxylic acids is 1. The summed E-state index contributed by atoms with van der Waals surface area (Å²) in [4.78, 5) is 11.8. The molecule has 0 amide bonds. The van der Waals surface area contributed by atoms with E-state index in [9.17, 15) is 9.90 Å². The lowest BCUT2D eigenvalue weighted by Crippen LogP contribution is -2.13. The lowest BCUT2D eigenvalue weighted by atomic mass is 9.92. The molecule has 0 saturated heterocycles. The number of aliphatic hydroxyl groups excluding tert-OH is 1. The molecule has 6 heteroatoms. The fourth-order valence-electron chi connectivity index (χ4n) is 3.29. The van der Waals surface area contributed by atoms with Crippen LogP contribution in [0.15, 0.2) is 60.7 Å². The third-order valence-corrected chi connectivity index (χ3v) is 4.86. The molecule has 0 fully saturated rings. The fraction of sp³-hybridized carbons (Fsp3) is 0.292. The van der Waals surface area contributed by atoms with E-state index in [2.05, 4.69) is 0 Å². The van der Waals surface area contributed by atoms with Crippen LogP contribution in [0.3, 0.4) is 0 Å². The quantitative estimate of drug-likeness (QED) is 0.460. The molecule has 0 saturated carbocycles. The molecular formula is C24H26O6. The van der Waals surface area contributed by atoms with Gasteiger partial charge < -0.3 is 24.4 Å². The molecule has 0 spiro atoms. The first kappa shape index (κ1) is 21.5. The Morgan fingerprint density at radius 2 is 1.47 bits per heavy atom. The smallest absolute Gasteiger partial charge is 0.310 e. The van der Waals surface area contributed by atoms with Crippen LogP contribution in [-0.4, -0.2) is 43.1 Å². The van der Waals surface area contributed by atoms with Gasteiger partial charge in [-0.3, -0.25) is 4.79 Å². The van der Waals surface area contributed by atoms with Crippen LogP contribution in [0.5, 0.6) is 17.2 Å². The molecule has 0 bridgehead atoms. The number of carbonyl (C=O) groups is 1. The Balaban J connectivity index is 1.57. The molecule has 30 heavy (non-hydrogen) atoms. The number of aliphatic hydroxyl groups is 1. The molecule has 3 rings (SSSR count). The highest BCUT2D eigenvalue weighted by molar-refractivity contribution is 5.86. The van der Waals surface area contributed by atoms with E-state index < -0.39 is 11.9 Å². The van der Waals surface area contributed by atoms with Gasteiger partial charge in [-0.1, -0.05) is 24.3 Å². The van der Waals surface area contributed by atoms with Crippen LogP contribution in [0.4, 0.5) is 0 Å². The Morgan fingerprint density at radius 3 is 2.10 bits per heavy atom. The molecule has 0 aliphatic carbocycles. The summed E-state index contributed by atoms with van der Waals surface area (Å²) in [6.45, 7) is 0.638. The van der Waals surface area contributed by atoms with Gasteiger partial charge in [0, 0.05) is 0 Å². The van der Waals surface area contributed by atoms with Gasteiger partial charge in [0.15, 0.2) is 0 Å². The van der Waals surface area contributed by atoms with Crippen molar-refractivity contribution in [1.29, 1.82) is 0 Å². The highest BCUT2D eigenvalue weighted by Gasteiger charge is 2.20. The van der Waals surface area contributed by atoms with E-state index in [1.807, 2.05) is 36.4 Å². The van der Waals surface area contributed by atoms with Crippen LogP contribution in [0.25, 0.3) is 10.8 Å². The maximum Gasteiger partial charge on any atom is 0.310 e. The van der Waals surface area contributed by atoms with Crippen molar-refractivity contribution in [3.05, 3.63) is 66.2 Å². The summed E-state index contributed by atoms with van der Waals surface area (Å²) in [5, 5.41) is 20.5. The monoisotopic (exact) mass is 410 g/mol. The van der Waals surface area contributed by atoms with Crippen molar-refractivity contribution in [2.75, 3.05) is 26.9 Å². The van der Waals surface area contributed by atoms with E-state index in [0.29, 0.717) is 30.9 Å². The van der Waals surface area contributed by atoms with Crippen LogP contribution in [0.2, 0.25) is 0 Å². The Kier molecular flexibility index (Phi) is 7.51. The van der Waals surface area contributed by atoms with Gasteiger partial charge in [-0.2, -0.15) is 0 Å². The molecule has 0 aliphatic heterocycles. The van der Waals surface area contributed by atoms with Gasteiger partial charge in [0.1, 0.15) is 23.9 Å². The number of rotatable bonds is 11. The molecule has 3 aromatic rings. The normalized spacial score (nSPS) is 11.8. The molecule has 0 heterocycles. The number of ether oxygens (including phenoxy) is 3. The second kappa shape index (κ2) is 10.5. The highest BCUT2D eigenvalue weighted by Crippen LogP contribution is 2.28. The molecule has 158 valence electrons. The van der Waals surface area contributed by atoms with E-state index in [0.717, 1.165) is 22.1 Å². The fourth-order valence-corrected chi connectivity index (χ4v) is 3.29. The lowest BCUT2D eigenvalue weighted by Gasteiger charge is -2.14. The van der Waals surface area contributed by atoms with Crippen molar-refractivity contribution >= 4 is 16.7 Å². The maximum absolute atomic E-state index is 11.8. The standard InChI is InChI=1S/C24H26O6/c1-28-22-7-6-17-15-19(5-4-18(17)16-22)23(24(26)27)3-2-13-29-20-8-10-21(11-9-20)30-14-12-25/h4-11,15-16,23,25H,2-3,12-14H2,1H3,(H,26,27)/t23-/m0/s1. The van der Waals surface area contributed by atoms with Crippen molar-refractivity contribution in [3.63, 3.8) is 0 Å². The minimum atomic E-state index is -0.840. The van der Waals surface area contributed by atoms with Gasteiger partial charge in [0.2, 0.25) is 0 Å². The third kappa shape index (κ3) is 5.64. The third-order valence-electron chi connectivity index (χ3n) is 4.86. The number of benzene rings is 3. The predicted molar refractivity (Wildman–Crippen MR) is 115 cm³/mol. The van der Waals surface area contributed by atoms with E-state index >= 15 is 0 Å². The zero-order valence-electron chi connectivity index (χ0n) is 16.9. The van der Waals surface area contributed by atoms with Crippen molar-refractivity contribution in [1.82, 2.24) is 0 Å². The van der Waals surface area contributed by atoms with Gasteiger partial charge in [0.25, 0.3) is 0 Å². The molecule has 6 nitrogen and oxygen atoms in total. The summed E-state index contributed by atoms with van der Waals surface area (Å²) in [7, 11) is 1.62. The van der Waals surface area contributed by atoms with Gasteiger partial charge in [-0.25, -0.2) is 0 Å². The number of hydrogen-bond acceptors (Lipinski definition) is 5. The van der Waals surface area contributed by atoms with Crippen LogP contribution in [-0.2, 0) is 4.79 Å². The Bertz CT molecular complexity index is 967. The number of aliphatic carboxylic acids is 1. The Morgan fingerprint density at radius 1 is 0.867 bits per heavy atom. The average Bonchev–Trinajstić information content (AvgIpc) is 2.77. The zero-order valence-corrected chi connectivity index (χ0v) is 16.9. The number of hydrogen-bond donors (Lipinski definition) is 2. The van der Waals surface area contributed by atoms with E-state index in [1.54, 1.807) is 31.4 Å². The molecule has 0 radical (unpaired) electrons. The second-order valence-corrected chi connectivity index (χ2v) is 6.90. The van der Waals surface area contributed by atoms with Crippen LogP contribution >= 0.6 is 0 Å². The summed E-state index contributed by atoms with van der Waals surface area (Å²) < 4.78 is 16.3. The Hall–Kier alpha value is -3.25. The Labute approximate surface area is 175 Å². The molecule has 2 N–H and O–H groups in total. The summed E-state index contributed by atoms with van der Waals surface area (Å²) in [6.07, 6.45) is 1.09. The molecule has 0 unspecified atom stereocenters. The zero-order chi connectivity index (χ0) is 21.3. The van der Waals surface area contributed by atoms with Crippen LogP contribution in [0.1, 0.15) is 24.3 Å². The number of methoxy groups -OCH3 is 1. The van der Waals surface area contributed by atoms with Crippen molar-refractivity contribution < 1.29 is 29.2 Å². The molecule has 3 aromatic carbocycles. The van der Waals surface area contributed by atoms with Crippen molar-refractivity contribution in [2.45, 2.75) is 18.8 Å². The summed E-state index contributed by atoms with van der Waals surface area (Å²) in [5.74, 6) is 0.701. The van der Waals surface area contributed by atoms with E-state index in [4.69, 9.17) is 19.3 Å². The number of fused-ring (bicyclic) bond motifs is 1. The summed E-state index contributed by atoms with van der Waals surface area (Å²) in [5.41, 5.74) is 0.783. The first-order chi connectivity index (χ1) is 14.6.